The van der Waals surface area contributed by atoms with Gasteiger partial charge in [-0.2, -0.15) is 18.3 Å². The van der Waals surface area contributed by atoms with Crippen molar-refractivity contribution in [2.24, 2.45) is 7.05 Å². The fourth-order valence-electron chi connectivity index (χ4n) is 3.72. The molecule has 4 rings (SSSR count). The van der Waals surface area contributed by atoms with E-state index in [-0.39, 0.29) is 5.56 Å². The molecule has 17 heteroatoms. The molecule has 12 radical (unpaired) electrons. The number of amides is 1. The van der Waals surface area contributed by atoms with Gasteiger partial charge in [0.05, 0.1) is 18.1 Å². The van der Waals surface area contributed by atoms with Crippen LogP contribution in [0.4, 0.5) is 13.2 Å². The molecule has 0 fully saturated rings. The highest BCUT2D eigenvalue weighted by Gasteiger charge is 2.31. The van der Waals surface area contributed by atoms with E-state index in [1.54, 1.807) is 33.8 Å². The molecule has 3 aromatic heterocycles. The van der Waals surface area contributed by atoms with Crippen molar-refractivity contribution < 1.29 is 27.4 Å². The second-order valence-corrected chi connectivity index (χ2v) is 8.75. The van der Waals surface area contributed by atoms with E-state index in [9.17, 15) is 18.0 Å². The lowest BCUT2D eigenvalue weighted by atomic mass is 9.52. The number of fused-ring (bicyclic) bond motifs is 1. The predicted molar refractivity (Wildman–Crippen MR) is 142 cm³/mol. The minimum atomic E-state index is -4.72. The van der Waals surface area contributed by atoms with Crippen LogP contribution in [0.15, 0.2) is 49.1 Å². The normalized spacial score (nSPS) is 12.4. The fourth-order valence-corrected chi connectivity index (χ4v) is 3.72. The molecule has 0 atom stereocenters. The third-order valence-corrected chi connectivity index (χ3v) is 5.16. The van der Waals surface area contributed by atoms with Crippen LogP contribution in [0, 0.1) is 0 Å². The van der Waals surface area contributed by atoms with Crippen molar-refractivity contribution in [2.75, 3.05) is 6.54 Å². The highest BCUT2D eigenvalue weighted by Crippen LogP contribution is 2.38. The topological polar surface area (TPSA) is 82.7 Å². The summed E-state index contributed by atoms with van der Waals surface area (Å²) < 4.78 is 52.4. The van der Waals surface area contributed by atoms with Gasteiger partial charge in [0.1, 0.15) is 76.3 Å². The van der Waals surface area contributed by atoms with Crippen LogP contribution in [0.1, 0.15) is 10.4 Å². The fraction of sp³-hybridized carbons (Fsp3) is 0.227. The molecule has 184 valence electrons. The number of aryl methyl sites for hydroxylation is 1. The van der Waals surface area contributed by atoms with Gasteiger partial charge < -0.3 is 14.8 Å². The molecule has 0 aliphatic carbocycles. The van der Waals surface area contributed by atoms with Crippen LogP contribution in [0.5, 0.6) is 11.5 Å². The van der Waals surface area contributed by atoms with Gasteiger partial charge in [-0.1, -0.05) is 0 Å². The lowest BCUT2D eigenvalue weighted by molar-refractivity contribution is -0.123. The molecule has 0 bridgehead atoms. The van der Waals surface area contributed by atoms with Crippen molar-refractivity contribution in [3.05, 3.63) is 54.6 Å². The van der Waals surface area contributed by atoms with E-state index in [4.69, 9.17) is 56.6 Å². The van der Waals surface area contributed by atoms with Gasteiger partial charge in [0.25, 0.3) is 5.91 Å². The first-order chi connectivity index (χ1) is 18.0. The largest absolute Gasteiger partial charge is 0.515 e. The molecule has 0 saturated heterocycles. The number of halogens is 3. The van der Waals surface area contributed by atoms with Crippen molar-refractivity contribution in [1.82, 2.24) is 24.5 Å². The second kappa shape index (κ2) is 10.2. The number of pyridine rings is 1. The molecule has 1 amide bonds. The molecular formula is C22H14B6F3N5O3. The summed E-state index contributed by atoms with van der Waals surface area (Å²) in [5.74, 6) is -2.17. The van der Waals surface area contributed by atoms with Gasteiger partial charge in [-0.15, -0.1) is 0 Å². The number of imidazole rings is 1. The zero-order chi connectivity index (χ0) is 28.8. The Labute approximate surface area is 229 Å². The Balaban J connectivity index is 1.86. The molecule has 1 aromatic carbocycles. The van der Waals surface area contributed by atoms with Gasteiger partial charge in [0.15, 0.2) is 0 Å². The first-order valence-electron chi connectivity index (χ1n) is 11.1. The maximum atomic E-state index is 12.8. The van der Waals surface area contributed by atoms with E-state index in [0.29, 0.717) is 11.3 Å². The second-order valence-electron chi connectivity index (χ2n) is 8.75. The highest BCUT2D eigenvalue weighted by molar-refractivity contribution is 6.59. The Morgan fingerprint density at radius 3 is 2.08 bits per heavy atom. The lowest BCUT2D eigenvalue weighted by Crippen LogP contribution is -2.41. The van der Waals surface area contributed by atoms with E-state index in [1.807, 2.05) is 18.3 Å². The van der Waals surface area contributed by atoms with Crippen LogP contribution in [-0.2, 0) is 7.05 Å². The maximum Gasteiger partial charge on any atom is 0.405 e. The standard InChI is InChI=1S/C22H14B6F3N5O3/c1-35-9-13(7-34-35)11-2-3-36-14(8-32-17(36)6-11)12-4-15(38-21(23,24)25)18(16(5-12)39-22(26,27)28)19(37)33-10-20(29,30)31/h2-9H,10H2,1H3,(H,33,37). The van der Waals surface area contributed by atoms with Crippen LogP contribution in [0.3, 0.4) is 0 Å². The number of nitrogens with zero attached hydrogens (tertiary/aromatic N) is 4. The van der Waals surface area contributed by atoms with Gasteiger partial charge in [-0.05, 0) is 40.4 Å². The maximum absolute atomic E-state index is 12.8. The first-order valence-corrected chi connectivity index (χ1v) is 11.1. The monoisotopic (exact) mass is 519 g/mol. The number of hydrogen-bond acceptors (Lipinski definition) is 5. The Morgan fingerprint density at radius 1 is 0.949 bits per heavy atom. The molecule has 0 unspecified atom stereocenters. The average Bonchev–Trinajstić information content (AvgIpc) is 3.40. The molecule has 39 heavy (non-hydrogen) atoms. The molecule has 0 aliphatic heterocycles. The van der Waals surface area contributed by atoms with Gasteiger partial charge in [-0.3, -0.25) is 13.9 Å². The predicted octanol–water partition coefficient (Wildman–Crippen LogP) is 0.685. The third kappa shape index (κ3) is 7.07. The van der Waals surface area contributed by atoms with Crippen molar-refractivity contribution in [2.45, 2.75) is 16.8 Å². The molecule has 1 N–H and O–H groups in total. The molecule has 0 saturated carbocycles. The lowest BCUT2D eigenvalue weighted by Gasteiger charge is -2.29. The summed E-state index contributed by atoms with van der Waals surface area (Å²) in [4.78, 5) is 17.3. The molecule has 0 spiro atoms. The van der Waals surface area contributed by atoms with Crippen LogP contribution in [0.25, 0.3) is 28.0 Å². The van der Waals surface area contributed by atoms with E-state index in [2.05, 4.69) is 10.1 Å². The summed E-state index contributed by atoms with van der Waals surface area (Å²) in [6.45, 7) is -1.67. The van der Waals surface area contributed by atoms with Crippen LogP contribution >= 0.6 is 0 Å². The first kappa shape index (κ1) is 28.4. The number of aromatic nitrogens is 4. The number of carbonyl (C=O) groups excluding carboxylic acids is 1. The average molecular weight is 518 g/mol. The molecule has 3 heterocycles. The third-order valence-electron chi connectivity index (χ3n) is 5.16. The summed E-state index contributed by atoms with van der Waals surface area (Å²) in [5, 5.41) is 1.17. The van der Waals surface area contributed by atoms with Gasteiger partial charge in [0, 0.05) is 30.6 Å². The zero-order valence-electron chi connectivity index (χ0n) is 20.4. The van der Waals surface area contributed by atoms with E-state index in [0.717, 1.165) is 11.1 Å². The summed E-state index contributed by atoms with van der Waals surface area (Å²) in [6.07, 6.45) is 2.03. The molecule has 0 aliphatic rings. The number of alkyl halides is 3. The van der Waals surface area contributed by atoms with E-state index in [1.165, 1.54) is 18.3 Å². The Kier molecular flexibility index (Phi) is 7.39. The van der Waals surface area contributed by atoms with Crippen LogP contribution in [-0.4, -0.2) is 95.5 Å². The van der Waals surface area contributed by atoms with Crippen molar-refractivity contribution in [3.63, 3.8) is 0 Å². The summed E-state index contributed by atoms with van der Waals surface area (Å²) >= 11 is 0. The smallest absolute Gasteiger partial charge is 0.405 e. The number of hydrogen-bond donors (Lipinski definition) is 1. The highest BCUT2D eigenvalue weighted by atomic mass is 19.4. The molecular weight excluding hydrogens is 504 g/mol. The molecule has 8 nitrogen and oxygen atoms in total. The number of nitrogens with one attached hydrogen (secondary N) is 1. The van der Waals surface area contributed by atoms with Gasteiger partial charge >= 0.3 is 6.18 Å². The van der Waals surface area contributed by atoms with Crippen molar-refractivity contribution >= 4 is 58.6 Å². The number of carbonyl (C=O) groups is 1. The number of ether oxygens (including phenoxy) is 2. The number of rotatable bonds is 8. The van der Waals surface area contributed by atoms with Gasteiger partial charge in [-0.25, -0.2) is 4.98 Å². The minimum Gasteiger partial charge on any atom is -0.515 e. The van der Waals surface area contributed by atoms with Crippen LogP contribution < -0.4 is 14.8 Å². The van der Waals surface area contributed by atoms with Gasteiger partial charge in [0.2, 0.25) is 0 Å². The molecule has 4 aromatic rings. The Morgan fingerprint density at radius 2 is 1.56 bits per heavy atom. The number of benzene rings is 1. The Hall–Kier alpha value is -3.63. The van der Waals surface area contributed by atoms with E-state index < -0.39 is 46.3 Å². The summed E-state index contributed by atoms with van der Waals surface area (Å²) in [5.41, 5.74) is 2.36. The summed E-state index contributed by atoms with van der Waals surface area (Å²) in [7, 11) is 35.2. The van der Waals surface area contributed by atoms with E-state index >= 15 is 0 Å². The van der Waals surface area contributed by atoms with Crippen LogP contribution in [0.2, 0.25) is 0 Å². The quantitative estimate of drug-likeness (QED) is 0.348. The SMILES string of the molecule is [B]C([B])([B])Oc1cc(-c2cnc3cc(-c4cnn(C)c4)ccn23)cc(OC([B])([B])[B])c1C(=O)NCC(F)(F)F. The van der Waals surface area contributed by atoms with Crippen molar-refractivity contribution in [1.29, 1.82) is 0 Å². The minimum absolute atomic E-state index is 0.280. The summed E-state index contributed by atoms with van der Waals surface area (Å²) in [6, 6.07) is 6.16. The zero-order valence-corrected chi connectivity index (χ0v) is 20.4. The Bertz CT molecular complexity index is 1490. The van der Waals surface area contributed by atoms with Crippen molar-refractivity contribution in [3.8, 4) is 33.9 Å².